The van der Waals surface area contributed by atoms with E-state index >= 15 is 0 Å². The summed E-state index contributed by atoms with van der Waals surface area (Å²) >= 11 is 0. The summed E-state index contributed by atoms with van der Waals surface area (Å²) in [5.41, 5.74) is 1.73. The number of aromatic amines is 1. The first-order chi connectivity index (χ1) is 8.47. The number of nitrogens with zero attached hydrogens (tertiary/aromatic N) is 4. The highest BCUT2D eigenvalue weighted by molar-refractivity contribution is 5.91. The Balaban J connectivity index is 2.25. The van der Waals surface area contributed by atoms with Crippen LogP contribution in [0, 0.1) is 0 Å². The van der Waals surface area contributed by atoms with Gasteiger partial charge in [0.05, 0.1) is 0 Å². The smallest absolute Gasteiger partial charge is 0.288 e. The number of hydrogen-bond donors (Lipinski definition) is 1. The molecule has 0 bridgehead atoms. The minimum atomic E-state index is -0.378. The third kappa shape index (κ3) is 2.71. The molecular weight excluding hydrogens is 230 g/mol. The van der Waals surface area contributed by atoms with Crippen LogP contribution in [0.25, 0.3) is 0 Å². The largest absolute Gasteiger partial charge is 0.858 e. The van der Waals surface area contributed by atoms with Gasteiger partial charge in [-0.2, -0.15) is 5.21 Å². The van der Waals surface area contributed by atoms with E-state index in [2.05, 4.69) is 46.4 Å². The zero-order valence-corrected chi connectivity index (χ0v) is 10.5. The molecule has 94 valence electrons. The Bertz CT molecular complexity index is 537. The first kappa shape index (κ1) is 12.2. The maximum atomic E-state index is 11.8. The van der Waals surface area contributed by atoms with Gasteiger partial charge < -0.3 is 5.11 Å². The van der Waals surface area contributed by atoms with Crippen molar-refractivity contribution in [1.82, 2.24) is 20.6 Å². The van der Waals surface area contributed by atoms with E-state index in [1.165, 1.54) is 5.56 Å². The van der Waals surface area contributed by atoms with Crippen molar-refractivity contribution in [2.75, 3.05) is 0 Å². The molecule has 1 aromatic carbocycles. The van der Waals surface area contributed by atoms with Crippen molar-refractivity contribution in [2.24, 2.45) is 4.99 Å². The third-order valence-electron chi connectivity index (χ3n) is 2.53. The molecule has 2 rings (SSSR count). The molecule has 0 aliphatic carbocycles. The van der Waals surface area contributed by atoms with Crippen molar-refractivity contribution in [3.05, 3.63) is 35.4 Å². The lowest BCUT2D eigenvalue weighted by Gasteiger charge is -2.19. The van der Waals surface area contributed by atoms with Crippen LogP contribution in [0.5, 0.6) is 0 Å². The van der Waals surface area contributed by atoms with Crippen molar-refractivity contribution < 1.29 is 5.11 Å². The van der Waals surface area contributed by atoms with Gasteiger partial charge in [0.15, 0.2) is 0 Å². The lowest BCUT2D eigenvalue weighted by molar-refractivity contribution is -0.212. The molecule has 0 amide bonds. The van der Waals surface area contributed by atoms with Crippen molar-refractivity contribution in [3.8, 4) is 0 Å². The van der Waals surface area contributed by atoms with E-state index in [0.717, 1.165) is 0 Å². The summed E-state index contributed by atoms with van der Waals surface area (Å²) in [6, 6.07) is 7.37. The number of nitrogens with one attached hydrogen (secondary N) is 1. The van der Waals surface area contributed by atoms with Gasteiger partial charge in [-0.05, 0) is 27.7 Å². The van der Waals surface area contributed by atoms with Crippen molar-refractivity contribution in [3.63, 3.8) is 0 Å². The van der Waals surface area contributed by atoms with E-state index in [1.807, 2.05) is 12.1 Å². The number of benzene rings is 1. The molecule has 18 heavy (non-hydrogen) atoms. The van der Waals surface area contributed by atoms with Crippen LogP contribution < -0.4 is 5.11 Å². The lowest BCUT2D eigenvalue weighted by atomic mass is 9.87. The molecule has 0 fully saturated rings. The van der Waals surface area contributed by atoms with E-state index in [0.29, 0.717) is 5.56 Å². The Kier molecular flexibility index (Phi) is 3.10. The van der Waals surface area contributed by atoms with Crippen molar-refractivity contribution >= 4 is 11.8 Å². The Morgan fingerprint density at radius 1 is 1.22 bits per heavy atom. The molecule has 1 N–H and O–H groups in total. The second kappa shape index (κ2) is 4.56. The molecule has 6 nitrogen and oxygen atoms in total. The van der Waals surface area contributed by atoms with E-state index in [9.17, 15) is 5.11 Å². The van der Waals surface area contributed by atoms with Gasteiger partial charge in [-0.1, -0.05) is 50.1 Å². The summed E-state index contributed by atoms with van der Waals surface area (Å²) < 4.78 is 0. The van der Waals surface area contributed by atoms with Gasteiger partial charge in [0.2, 0.25) is 0 Å². The number of H-pyrrole nitrogens is 1. The van der Waals surface area contributed by atoms with E-state index in [-0.39, 0.29) is 17.3 Å². The molecule has 0 aliphatic heterocycles. The van der Waals surface area contributed by atoms with Crippen LogP contribution in [0.2, 0.25) is 0 Å². The topological polar surface area (TPSA) is 89.9 Å². The second-order valence-electron chi connectivity index (χ2n) is 4.96. The SMILES string of the molecule is CC(C)(C)c1ccc(C([O-])=Nc2nn[nH]n2)cc1. The maximum absolute atomic E-state index is 11.8. The van der Waals surface area contributed by atoms with Gasteiger partial charge in [0.1, 0.15) is 0 Å². The van der Waals surface area contributed by atoms with E-state index in [1.54, 1.807) is 12.1 Å². The Morgan fingerprint density at radius 2 is 1.89 bits per heavy atom. The highest BCUT2D eigenvalue weighted by Crippen LogP contribution is 2.22. The molecule has 1 heterocycles. The quantitative estimate of drug-likeness (QED) is 0.628. The third-order valence-corrected chi connectivity index (χ3v) is 2.53. The van der Waals surface area contributed by atoms with Gasteiger partial charge in [0, 0.05) is 0 Å². The first-order valence-corrected chi connectivity index (χ1v) is 5.57. The fourth-order valence-electron chi connectivity index (χ4n) is 1.47. The van der Waals surface area contributed by atoms with Crippen LogP contribution >= 0.6 is 0 Å². The first-order valence-electron chi connectivity index (χ1n) is 5.57. The molecule has 1 aromatic heterocycles. The maximum Gasteiger partial charge on any atom is 0.288 e. The molecule has 0 aliphatic rings. The molecule has 0 unspecified atom stereocenters. The summed E-state index contributed by atoms with van der Waals surface area (Å²) in [5, 5.41) is 24.6. The van der Waals surface area contributed by atoms with E-state index in [4.69, 9.17) is 0 Å². The molecule has 0 atom stereocenters. The van der Waals surface area contributed by atoms with Crippen LogP contribution in [0.15, 0.2) is 29.3 Å². The number of hydrogen-bond acceptors (Lipinski definition) is 5. The van der Waals surface area contributed by atoms with Gasteiger partial charge in [-0.15, -0.1) is 5.10 Å². The minimum absolute atomic E-state index is 0.0416. The van der Waals surface area contributed by atoms with Crippen LogP contribution in [0.4, 0.5) is 5.95 Å². The fraction of sp³-hybridized carbons (Fsp3) is 0.333. The molecule has 0 spiro atoms. The predicted molar refractivity (Wildman–Crippen MR) is 65.5 cm³/mol. The van der Waals surface area contributed by atoms with Gasteiger partial charge >= 0.3 is 0 Å². The fourth-order valence-corrected chi connectivity index (χ4v) is 1.47. The monoisotopic (exact) mass is 244 g/mol. The summed E-state index contributed by atoms with van der Waals surface area (Å²) in [4.78, 5) is 3.73. The Labute approximate surface area is 105 Å². The van der Waals surface area contributed by atoms with Crippen molar-refractivity contribution in [2.45, 2.75) is 26.2 Å². The predicted octanol–water partition coefficient (Wildman–Crippen LogP) is 0.936. The number of aliphatic imine (C=N–C) groups is 1. The highest BCUT2D eigenvalue weighted by Gasteiger charge is 2.12. The summed E-state index contributed by atoms with van der Waals surface area (Å²) in [7, 11) is 0. The lowest BCUT2D eigenvalue weighted by Crippen LogP contribution is -2.19. The highest BCUT2D eigenvalue weighted by atomic mass is 16.3. The zero-order valence-electron chi connectivity index (χ0n) is 10.5. The zero-order chi connectivity index (χ0) is 13.2. The minimum Gasteiger partial charge on any atom is -0.858 e. The Morgan fingerprint density at radius 3 is 2.39 bits per heavy atom. The molecule has 2 aromatic rings. The van der Waals surface area contributed by atoms with E-state index < -0.39 is 0 Å². The van der Waals surface area contributed by atoms with Gasteiger partial charge in [-0.3, -0.25) is 0 Å². The van der Waals surface area contributed by atoms with Gasteiger partial charge in [-0.25, -0.2) is 4.99 Å². The molecule has 0 radical (unpaired) electrons. The summed E-state index contributed by atoms with van der Waals surface area (Å²) in [6.45, 7) is 6.36. The average molecular weight is 244 g/mol. The Hall–Kier alpha value is -2.24. The number of rotatable bonds is 2. The van der Waals surface area contributed by atoms with Crippen LogP contribution in [-0.4, -0.2) is 26.5 Å². The molecule has 6 heteroatoms. The normalized spacial score (nSPS) is 12.7. The average Bonchev–Trinajstić information content (AvgIpc) is 2.81. The van der Waals surface area contributed by atoms with Gasteiger partial charge in [0.25, 0.3) is 5.95 Å². The molecule has 0 saturated carbocycles. The van der Waals surface area contributed by atoms with Crippen LogP contribution in [0.1, 0.15) is 31.9 Å². The molecule has 0 saturated heterocycles. The molecular formula is C12H14N5O-. The van der Waals surface area contributed by atoms with Crippen LogP contribution in [-0.2, 0) is 5.41 Å². The summed E-state index contributed by atoms with van der Waals surface area (Å²) in [6.07, 6.45) is 0. The van der Waals surface area contributed by atoms with Crippen molar-refractivity contribution in [1.29, 1.82) is 0 Å². The number of tetrazole rings is 1. The van der Waals surface area contributed by atoms with Crippen LogP contribution in [0.3, 0.4) is 0 Å². The number of aromatic nitrogens is 4. The second-order valence-corrected chi connectivity index (χ2v) is 4.96. The standard InChI is InChI=1S/C12H15N5O/c1-12(2,3)9-6-4-8(5-7-9)10(18)13-11-14-16-17-15-11/h4-7H,1-3H3,(H2,13,14,15,16,17,18)/p-1. The summed E-state index contributed by atoms with van der Waals surface area (Å²) in [5.74, 6) is -0.336.